The normalized spacial score (nSPS) is 17.4. The van der Waals surface area contributed by atoms with E-state index in [1.54, 1.807) is 0 Å². The molecule has 1 aromatic carbocycles. The van der Waals surface area contributed by atoms with Crippen molar-refractivity contribution in [3.8, 4) is 0 Å². The van der Waals surface area contributed by atoms with Crippen molar-refractivity contribution in [1.29, 1.82) is 0 Å². The average Bonchev–Trinajstić information content (AvgIpc) is 2.69. The summed E-state index contributed by atoms with van der Waals surface area (Å²) >= 11 is 3.63. The molecule has 1 aliphatic rings. The summed E-state index contributed by atoms with van der Waals surface area (Å²) in [7, 11) is 2.11. The number of aromatic nitrogens is 1. The van der Waals surface area contributed by atoms with Gasteiger partial charge in [0.05, 0.1) is 18.7 Å². The minimum Gasteiger partial charge on any atom is -0.379 e. The van der Waals surface area contributed by atoms with Crippen LogP contribution in [-0.4, -0.2) is 35.8 Å². The van der Waals surface area contributed by atoms with Gasteiger partial charge in [-0.2, -0.15) is 0 Å². The second-order valence-electron chi connectivity index (χ2n) is 4.79. The van der Waals surface area contributed by atoms with Gasteiger partial charge < -0.3 is 9.30 Å². The molecule has 0 atom stereocenters. The van der Waals surface area contributed by atoms with Crippen LogP contribution in [0.3, 0.4) is 0 Å². The van der Waals surface area contributed by atoms with E-state index in [1.165, 1.54) is 16.5 Å². The van der Waals surface area contributed by atoms with E-state index in [4.69, 9.17) is 4.74 Å². The maximum atomic E-state index is 5.39. The maximum Gasteiger partial charge on any atom is 0.0625 e. The van der Waals surface area contributed by atoms with E-state index in [0.717, 1.165) is 37.3 Å². The minimum absolute atomic E-state index is 0.856. The quantitative estimate of drug-likeness (QED) is 0.849. The van der Waals surface area contributed by atoms with E-state index in [0.29, 0.717) is 0 Å². The summed E-state index contributed by atoms with van der Waals surface area (Å²) in [5.74, 6) is 0. The highest BCUT2D eigenvalue weighted by Gasteiger charge is 2.14. The van der Waals surface area contributed by atoms with Crippen molar-refractivity contribution >= 4 is 26.8 Å². The van der Waals surface area contributed by atoms with Gasteiger partial charge in [-0.3, -0.25) is 4.90 Å². The van der Waals surface area contributed by atoms with Crippen LogP contribution in [0.1, 0.15) is 5.56 Å². The van der Waals surface area contributed by atoms with Crippen LogP contribution in [0.15, 0.2) is 28.9 Å². The van der Waals surface area contributed by atoms with Crippen molar-refractivity contribution in [1.82, 2.24) is 9.47 Å². The molecule has 1 saturated heterocycles. The topological polar surface area (TPSA) is 17.4 Å². The third-order valence-corrected chi connectivity index (χ3v) is 4.17. The number of hydrogen-bond acceptors (Lipinski definition) is 2. The van der Waals surface area contributed by atoms with Gasteiger partial charge in [-0.25, -0.2) is 0 Å². The first-order chi connectivity index (χ1) is 8.75. The predicted molar refractivity (Wildman–Crippen MR) is 76.7 cm³/mol. The Labute approximate surface area is 115 Å². The average molecular weight is 309 g/mol. The number of morpholine rings is 1. The van der Waals surface area contributed by atoms with Crippen LogP contribution in [-0.2, 0) is 18.3 Å². The number of hydrogen-bond donors (Lipinski definition) is 0. The zero-order valence-corrected chi connectivity index (χ0v) is 12.1. The Morgan fingerprint density at radius 2 is 2.06 bits per heavy atom. The van der Waals surface area contributed by atoms with E-state index in [9.17, 15) is 0 Å². The highest BCUT2D eigenvalue weighted by atomic mass is 79.9. The highest BCUT2D eigenvalue weighted by Crippen LogP contribution is 2.28. The number of halogens is 1. The minimum atomic E-state index is 0.856. The molecule has 3 nitrogen and oxygen atoms in total. The number of aryl methyl sites for hydroxylation is 1. The summed E-state index contributed by atoms with van der Waals surface area (Å²) < 4.78 is 8.76. The fourth-order valence-electron chi connectivity index (χ4n) is 2.63. The number of ether oxygens (including phenoxy) is 1. The van der Waals surface area contributed by atoms with Crippen LogP contribution in [0.4, 0.5) is 0 Å². The van der Waals surface area contributed by atoms with Crippen LogP contribution in [0, 0.1) is 0 Å². The Kier molecular flexibility index (Phi) is 3.41. The van der Waals surface area contributed by atoms with Gasteiger partial charge in [0.2, 0.25) is 0 Å². The van der Waals surface area contributed by atoms with Crippen LogP contribution < -0.4 is 0 Å². The third kappa shape index (κ3) is 2.20. The molecular formula is C14H17BrN2O. The van der Waals surface area contributed by atoms with Crippen LogP contribution in [0.25, 0.3) is 10.9 Å². The van der Waals surface area contributed by atoms with Gasteiger partial charge in [0, 0.05) is 42.7 Å². The van der Waals surface area contributed by atoms with Crippen molar-refractivity contribution in [2.24, 2.45) is 7.05 Å². The van der Waals surface area contributed by atoms with Crippen molar-refractivity contribution in [2.45, 2.75) is 6.54 Å². The molecule has 2 aromatic rings. The molecule has 0 radical (unpaired) electrons. The van der Waals surface area contributed by atoms with Crippen LogP contribution in [0.5, 0.6) is 0 Å². The van der Waals surface area contributed by atoms with E-state index < -0.39 is 0 Å². The highest BCUT2D eigenvalue weighted by molar-refractivity contribution is 9.10. The molecule has 3 rings (SSSR count). The molecule has 0 aliphatic carbocycles. The third-order valence-electron chi connectivity index (χ3n) is 3.53. The predicted octanol–water partition coefficient (Wildman–Crippen LogP) is 2.77. The second-order valence-corrected chi connectivity index (χ2v) is 5.64. The van der Waals surface area contributed by atoms with Crippen LogP contribution >= 0.6 is 15.9 Å². The molecule has 0 bridgehead atoms. The van der Waals surface area contributed by atoms with Gasteiger partial charge in [-0.1, -0.05) is 12.1 Å². The molecule has 96 valence electrons. The van der Waals surface area contributed by atoms with Crippen molar-refractivity contribution < 1.29 is 4.74 Å². The molecule has 2 heterocycles. The van der Waals surface area contributed by atoms with Gasteiger partial charge in [-0.05, 0) is 27.6 Å². The molecule has 0 unspecified atom stereocenters. The van der Waals surface area contributed by atoms with Gasteiger partial charge in [0.25, 0.3) is 0 Å². The molecule has 0 amide bonds. The zero-order valence-electron chi connectivity index (χ0n) is 10.5. The van der Waals surface area contributed by atoms with Gasteiger partial charge in [-0.15, -0.1) is 0 Å². The lowest BCUT2D eigenvalue weighted by atomic mass is 10.1. The Morgan fingerprint density at radius 1 is 1.28 bits per heavy atom. The lowest BCUT2D eigenvalue weighted by Crippen LogP contribution is -2.35. The first-order valence-corrected chi connectivity index (χ1v) is 7.07. The Bertz CT molecular complexity index is 558. The fraction of sp³-hybridized carbons (Fsp3) is 0.429. The zero-order chi connectivity index (χ0) is 12.5. The molecule has 0 spiro atoms. The van der Waals surface area contributed by atoms with E-state index in [2.05, 4.69) is 56.8 Å². The summed E-state index contributed by atoms with van der Waals surface area (Å²) in [4.78, 5) is 2.46. The monoisotopic (exact) mass is 308 g/mol. The number of nitrogens with zero attached hydrogens (tertiary/aromatic N) is 2. The second kappa shape index (κ2) is 5.03. The first-order valence-electron chi connectivity index (χ1n) is 6.28. The fourth-order valence-corrected chi connectivity index (χ4v) is 3.27. The molecule has 4 heteroatoms. The lowest BCUT2D eigenvalue weighted by Gasteiger charge is -2.26. The smallest absolute Gasteiger partial charge is 0.0625 e. The number of rotatable bonds is 2. The summed E-state index contributed by atoms with van der Waals surface area (Å²) in [6.45, 7) is 4.79. The summed E-state index contributed by atoms with van der Waals surface area (Å²) in [5.41, 5.74) is 2.68. The lowest BCUT2D eigenvalue weighted by molar-refractivity contribution is 0.0343. The van der Waals surface area contributed by atoms with Crippen molar-refractivity contribution in [3.63, 3.8) is 0 Å². The van der Waals surface area contributed by atoms with E-state index in [1.807, 2.05) is 0 Å². The molecular weight excluding hydrogens is 292 g/mol. The number of fused-ring (bicyclic) bond motifs is 1. The molecule has 1 aliphatic heterocycles. The summed E-state index contributed by atoms with van der Waals surface area (Å²) in [6, 6.07) is 6.41. The Hall–Kier alpha value is -0.840. The summed E-state index contributed by atoms with van der Waals surface area (Å²) in [6.07, 6.45) is 2.24. The molecule has 18 heavy (non-hydrogen) atoms. The molecule has 0 N–H and O–H groups in total. The van der Waals surface area contributed by atoms with Gasteiger partial charge >= 0.3 is 0 Å². The molecule has 1 fully saturated rings. The van der Waals surface area contributed by atoms with Gasteiger partial charge in [0.15, 0.2) is 0 Å². The van der Waals surface area contributed by atoms with Gasteiger partial charge in [0.1, 0.15) is 0 Å². The summed E-state index contributed by atoms with van der Waals surface area (Å²) in [5, 5.41) is 1.35. The number of para-hydroxylation sites is 1. The Balaban J connectivity index is 1.94. The van der Waals surface area contributed by atoms with Crippen molar-refractivity contribution in [2.75, 3.05) is 26.3 Å². The Morgan fingerprint density at radius 3 is 2.83 bits per heavy atom. The largest absolute Gasteiger partial charge is 0.379 e. The standard InChI is InChI=1S/C14H17BrN2O/c1-16-9-11(10-17-5-7-18-8-6-17)12-3-2-4-13(15)14(12)16/h2-4,9H,5-8,10H2,1H3. The van der Waals surface area contributed by atoms with E-state index >= 15 is 0 Å². The molecule has 1 aromatic heterocycles. The first kappa shape index (κ1) is 12.2. The molecule has 0 saturated carbocycles. The number of benzene rings is 1. The SMILES string of the molecule is Cn1cc(CN2CCOCC2)c2cccc(Br)c21. The van der Waals surface area contributed by atoms with Crippen molar-refractivity contribution in [3.05, 3.63) is 34.4 Å². The van der Waals surface area contributed by atoms with E-state index in [-0.39, 0.29) is 0 Å². The maximum absolute atomic E-state index is 5.39. The van der Waals surface area contributed by atoms with Crippen LogP contribution in [0.2, 0.25) is 0 Å².